The first-order valence-corrected chi connectivity index (χ1v) is 7.22. The summed E-state index contributed by atoms with van der Waals surface area (Å²) in [5, 5.41) is 0. The third-order valence-electron chi connectivity index (χ3n) is 3.88. The molecule has 1 heterocycles. The summed E-state index contributed by atoms with van der Waals surface area (Å²) in [4.78, 5) is 9.47. The monoisotopic (exact) mass is 252 g/mol. The summed E-state index contributed by atoms with van der Waals surface area (Å²) in [7, 11) is 0. The van der Waals surface area contributed by atoms with Gasteiger partial charge < -0.3 is 0 Å². The lowest BCUT2D eigenvalue weighted by Gasteiger charge is -2.19. The van der Waals surface area contributed by atoms with Crippen LogP contribution in [0.1, 0.15) is 43.9 Å². The predicted molar refractivity (Wildman–Crippen MR) is 79.6 cm³/mol. The van der Waals surface area contributed by atoms with E-state index in [0.29, 0.717) is 0 Å². The Morgan fingerprint density at radius 3 is 3.05 bits per heavy atom. The molecule has 0 bridgehead atoms. The number of nitrogens with zero attached hydrogens (tertiary/aromatic N) is 2. The van der Waals surface area contributed by atoms with E-state index in [1.54, 1.807) is 0 Å². The molecule has 0 fully saturated rings. The van der Waals surface area contributed by atoms with Crippen molar-refractivity contribution in [1.29, 1.82) is 0 Å². The smallest absolute Gasteiger partial charge is 0.0872 e. The Bertz CT molecular complexity index is 552. The summed E-state index contributed by atoms with van der Waals surface area (Å²) in [5.41, 5.74) is 5.02. The van der Waals surface area contributed by atoms with Gasteiger partial charge >= 0.3 is 0 Å². The normalized spacial score (nSPS) is 21.9. The maximum Gasteiger partial charge on any atom is 0.0872 e. The van der Waals surface area contributed by atoms with Crippen LogP contribution in [0.15, 0.2) is 47.1 Å². The minimum Gasteiger partial charge on any atom is -0.280 e. The molecule has 1 atom stereocenters. The molecule has 0 saturated carbocycles. The number of aryl methyl sites for hydroxylation is 1. The molecule has 19 heavy (non-hydrogen) atoms. The average Bonchev–Trinajstić information content (AvgIpc) is 2.48. The molecule has 0 saturated heterocycles. The summed E-state index contributed by atoms with van der Waals surface area (Å²) in [5.74, 6) is 0. The van der Waals surface area contributed by atoms with Crippen molar-refractivity contribution in [2.75, 3.05) is 0 Å². The number of aromatic nitrogens is 1. The largest absolute Gasteiger partial charge is 0.280 e. The van der Waals surface area contributed by atoms with Crippen molar-refractivity contribution in [3.05, 3.63) is 53.4 Å². The number of hydrogen-bond acceptors (Lipinski definition) is 2. The average molecular weight is 252 g/mol. The van der Waals surface area contributed by atoms with Crippen LogP contribution in [0.5, 0.6) is 0 Å². The first kappa shape index (κ1) is 12.3. The molecule has 0 aromatic carbocycles. The summed E-state index contributed by atoms with van der Waals surface area (Å²) < 4.78 is 0. The van der Waals surface area contributed by atoms with Gasteiger partial charge in [-0.2, -0.15) is 0 Å². The zero-order valence-corrected chi connectivity index (χ0v) is 11.5. The van der Waals surface area contributed by atoms with Gasteiger partial charge in [-0.05, 0) is 56.2 Å². The minimum absolute atomic E-state index is 0.250. The van der Waals surface area contributed by atoms with Gasteiger partial charge in [-0.25, -0.2) is 0 Å². The Hall–Kier alpha value is -1.70. The third kappa shape index (κ3) is 2.67. The van der Waals surface area contributed by atoms with Crippen molar-refractivity contribution in [1.82, 2.24) is 4.98 Å². The molecule has 98 valence electrons. The standard InChI is InChI=1S/C17H20N2/c1-13(14-7-3-2-4-8-14)19-16-11-5-9-15-10-6-12-18-17(15)16/h3,6-8,10,12-13H,2,4-5,9,11H2,1H3/t13-/m1/s1. The van der Waals surface area contributed by atoms with E-state index in [1.165, 1.54) is 23.3 Å². The van der Waals surface area contributed by atoms with Gasteiger partial charge in [0.05, 0.1) is 17.4 Å². The van der Waals surface area contributed by atoms with E-state index in [0.717, 1.165) is 31.4 Å². The molecule has 1 aromatic rings. The van der Waals surface area contributed by atoms with Crippen LogP contribution in [-0.2, 0) is 6.42 Å². The number of allylic oxidation sites excluding steroid dienone is 2. The van der Waals surface area contributed by atoms with Crippen LogP contribution in [0, 0.1) is 0 Å². The second kappa shape index (κ2) is 5.52. The fraction of sp³-hybridized carbons (Fsp3) is 0.412. The fourth-order valence-corrected chi connectivity index (χ4v) is 2.84. The highest BCUT2D eigenvalue weighted by molar-refractivity contribution is 6.01. The van der Waals surface area contributed by atoms with E-state index >= 15 is 0 Å². The molecule has 2 aliphatic carbocycles. The highest BCUT2D eigenvalue weighted by Gasteiger charge is 2.17. The summed E-state index contributed by atoms with van der Waals surface area (Å²) in [6.45, 7) is 2.19. The van der Waals surface area contributed by atoms with Gasteiger partial charge in [0.15, 0.2) is 0 Å². The van der Waals surface area contributed by atoms with Crippen LogP contribution in [0.3, 0.4) is 0 Å². The van der Waals surface area contributed by atoms with Crippen LogP contribution in [0.4, 0.5) is 0 Å². The molecule has 2 aliphatic rings. The van der Waals surface area contributed by atoms with E-state index in [9.17, 15) is 0 Å². The molecule has 0 unspecified atom stereocenters. The lowest BCUT2D eigenvalue weighted by atomic mass is 9.93. The van der Waals surface area contributed by atoms with Gasteiger partial charge in [0, 0.05) is 6.20 Å². The quantitative estimate of drug-likeness (QED) is 0.784. The first-order valence-electron chi connectivity index (χ1n) is 7.22. The predicted octanol–water partition coefficient (Wildman–Crippen LogP) is 3.87. The minimum atomic E-state index is 0.250. The molecule has 2 nitrogen and oxygen atoms in total. The van der Waals surface area contributed by atoms with Gasteiger partial charge in [-0.15, -0.1) is 0 Å². The molecule has 1 aromatic heterocycles. The Kier molecular flexibility index (Phi) is 3.58. The van der Waals surface area contributed by atoms with Gasteiger partial charge in [-0.1, -0.05) is 24.3 Å². The maximum absolute atomic E-state index is 4.94. The van der Waals surface area contributed by atoms with Crippen LogP contribution >= 0.6 is 0 Å². The van der Waals surface area contributed by atoms with E-state index < -0.39 is 0 Å². The second-order valence-electron chi connectivity index (χ2n) is 5.30. The molecule has 2 heteroatoms. The van der Waals surface area contributed by atoms with E-state index in [2.05, 4.69) is 36.2 Å². The highest BCUT2D eigenvalue weighted by atomic mass is 14.8. The zero-order chi connectivity index (χ0) is 13.1. The molecule has 0 amide bonds. The van der Waals surface area contributed by atoms with Crippen LogP contribution < -0.4 is 0 Å². The lowest BCUT2D eigenvalue weighted by molar-refractivity contribution is 0.798. The van der Waals surface area contributed by atoms with Crippen molar-refractivity contribution >= 4 is 5.71 Å². The van der Waals surface area contributed by atoms with Gasteiger partial charge in [0.25, 0.3) is 0 Å². The zero-order valence-electron chi connectivity index (χ0n) is 11.5. The molecule has 0 radical (unpaired) electrons. The summed E-state index contributed by atoms with van der Waals surface area (Å²) in [6, 6.07) is 4.46. The van der Waals surface area contributed by atoms with Crippen molar-refractivity contribution in [2.24, 2.45) is 4.99 Å². The number of rotatable bonds is 2. The Morgan fingerprint density at radius 1 is 1.26 bits per heavy atom. The van der Waals surface area contributed by atoms with Gasteiger partial charge in [-0.3, -0.25) is 9.98 Å². The molecule has 3 rings (SSSR count). The molecule has 0 spiro atoms. The lowest BCUT2D eigenvalue weighted by Crippen LogP contribution is -2.17. The molecular formula is C17H20N2. The summed E-state index contributed by atoms with van der Waals surface area (Å²) in [6.07, 6.45) is 14.4. The number of fused-ring (bicyclic) bond motifs is 1. The molecule has 0 N–H and O–H groups in total. The van der Waals surface area contributed by atoms with E-state index in [4.69, 9.17) is 4.99 Å². The van der Waals surface area contributed by atoms with Crippen LogP contribution in [0.2, 0.25) is 0 Å². The SMILES string of the molecule is C[C@@H](N=C1CCCc2cccnc21)C1=CCCC=C1. The second-order valence-corrected chi connectivity index (χ2v) is 5.30. The number of pyridine rings is 1. The molecule has 0 aliphatic heterocycles. The van der Waals surface area contributed by atoms with Crippen molar-refractivity contribution < 1.29 is 0 Å². The van der Waals surface area contributed by atoms with E-state index in [1.807, 2.05) is 12.3 Å². The van der Waals surface area contributed by atoms with E-state index in [-0.39, 0.29) is 6.04 Å². The Labute approximate surface area is 115 Å². The number of hydrogen-bond donors (Lipinski definition) is 0. The fourth-order valence-electron chi connectivity index (χ4n) is 2.84. The Morgan fingerprint density at radius 2 is 2.21 bits per heavy atom. The third-order valence-corrected chi connectivity index (χ3v) is 3.88. The van der Waals surface area contributed by atoms with Crippen LogP contribution in [-0.4, -0.2) is 16.7 Å². The van der Waals surface area contributed by atoms with Gasteiger partial charge in [0.1, 0.15) is 0 Å². The van der Waals surface area contributed by atoms with Crippen LogP contribution in [0.25, 0.3) is 0 Å². The summed E-state index contributed by atoms with van der Waals surface area (Å²) >= 11 is 0. The highest BCUT2D eigenvalue weighted by Crippen LogP contribution is 2.22. The number of aliphatic imine (C=N–C) groups is 1. The maximum atomic E-state index is 4.94. The molecular weight excluding hydrogens is 232 g/mol. The van der Waals surface area contributed by atoms with Crippen molar-refractivity contribution in [2.45, 2.75) is 45.1 Å². The first-order chi connectivity index (χ1) is 9.34. The van der Waals surface area contributed by atoms with Crippen molar-refractivity contribution in [3.63, 3.8) is 0 Å². The Balaban J connectivity index is 1.88. The van der Waals surface area contributed by atoms with Gasteiger partial charge in [0.2, 0.25) is 0 Å². The topological polar surface area (TPSA) is 25.2 Å². The van der Waals surface area contributed by atoms with Crippen molar-refractivity contribution in [3.8, 4) is 0 Å².